The van der Waals surface area contributed by atoms with Crippen molar-refractivity contribution in [2.75, 3.05) is 13.7 Å². The molecule has 0 amide bonds. The number of nitrogens with one attached hydrogen (secondary N) is 1. The fourth-order valence-corrected chi connectivity index (χ4v) is 1.54. The Morgan fingerprint density at radius 2 is 2.06 bits per heavy atom. The van der Waals surface area contributed by atoms with E-state index in [0.29, 0.717) is 19.7 Å². The van der Waals surface area contributed by atoms with Gasteiger partial charge in [0, 0.05) is 20.2 Å². The lowest BCUT2D eigenvalue weighted by atomic mass is 10.1. The van der Waals surface area contributed by atoms with Crippen LogP contribution in [0, 0.1) is 5.92 Å². The maximum Gasteiger partial charge on any atom is 0.307 e. The summed E-state index contributed by atoms with van der Waals surface area (Å²) in [6.07, 6.45) is 0. The Labute approximate surface area is 102 Å². The number of hydrogen-bond donors (Lipinski definition) is 2. The van der Waals surface area contributed by atoms with Crippen LogP contribution in [0.5, 0.6) is 0 Å². The van der Waals surface area contributed by atoms with Crippen LogP contribution in [-0.2, 0) is 22.7 Å². The topological polar surface area (TPSA) is 58.6 Å². The quantitative estimate of drug-likeness (QED) is 0.757. The predicted octanol–water partition coefficient (Wildman–Crippen LogP) is 1.64. The zero-order valence-corrected chi connectivity index (χ0v) is 10.3. The van der Waals surface area contributed by atoms with E-state index in [1.807, 2.05) is 24.3 Å². The minimum absolute atomic E-state index is 0.371. The number of carboxylic acids is 1. The summed E-state index contributed by atoms with van der Waals surface area (Å²) in [5.41, 5.74) is 2.28. The van der Waals surface area contributed by atoms with E-state index in [4.69, 9.17) is 9.84 Å². The van der Waals surface area contributed by atoms with Crippen molar-refractivity contribution in [1.29, 1.82) is 0 Å². The Kier molecular flexibility index (Phi) is 5.66. The summed E-state index contributed by atoms with van der Waals surface area (Å²) in [4.78, 5) is 10.7. The molecule has 2 N–H and O–H groups in total. The van der Waals surface area contributed by atoms with Gasteiger partial charge in [0.05, 0.1) is 12.5 Å². The molecule has 1 unspecified atom stereocenters. The van der Waals surface area contributed by atoms with Gasteiger partial charge in [0.2, 0.25) is 0 Å². The van der Waals surface area contributed by atoms with E-state index < -0.39 is 5.97 Å². The molecule has 1 rings (SSSR count). The largest absolute Gasteiger partial charge is 0.481 e. The molecule has 17 heavy (non-hydrogen) atoms. The number of ether oxygens (including phenoxy) is 1. The van der Waals surface area contributed by atoms with Crippen molar-refractivity contribution in [3.05, 3.63) is 35.4 Å². The molecule has 0 aliphatic rings. The van der Waals surface area contributed by atoms with Crippen molar-refractivity contribution in [1.82, 2.24) is 5.32 Å². The highest BCUT2D eigenvalue weighted by molar-refractivity contribution is 5.69. The van der Waals surface area contributed by atoms with Crippen LogP contribution in [0.25, 0.3) is 0 Å². The minimum atomic E-state index is -0.775. The lowest BCUT2D eigenvalue weighted by molar-refractivity contribution is -0.140. The van der Waals surface area contributed by atoms with Gasteiger partial charge in [-0.1, -0.05) is 31.2 Å². The molecule has 0 radical (unpaired) electrons. The third kappa shape index (κ3) is 4.54. The van der Waals surface area contributed by atoms with Crippen LogP contribution in [0.15, 0.2) is 24.3 Å². The molecule has 1 aromatic carbocycles. The third-order valence-electron chi connectivity index (χ3n) is 2.61. The Bertz CT molecular complexity index is 365. The van der Waals surface area contributed by atoms with Gasteiger partial charge in [-0.05, 0) is 11.1 Å². The molecule has 1 atom stereocenters. The maximum atomic E-state index is 10.7. The molecule has 0 aliphatic heterocycles. The third-order valence-corrected chi connectivity index (χ3v) is 2.61. The molecule has 1 aromatic rings. The summed E-state index contributed by atoms with van der Waals surface area (Å²) >= 11 is 0. The summed E-state index contributed by atoms with van der Waals surface area (Å²) in [6.45, 7) is 3.40. The summed E-state index contributed by atoms with van der Waals surface area (Å²) < 4.78 is 5.11. The molecule has 0 bridgehead atoms. The van der Waals surface area contributed by atoms with Gasteiger partial charge in [0.1, 0.15) is 0 Å². The van der Waals surface area contributed by atoms with Gasteiger partial charge in [-0.25, -0.2) is 0 Å². The molecular weight excluding hydrogens is 218 g/mol. The van der Waals surface area contributed by atoms with Crippen molar-refractivity contribution >= 4 is 5.97 Å². The molecule has 0 aliphatic carbocycles. The Morgan fingerprint density at radius 1 is 1.41 bits per heavy atom. The van der Waals surface area contributed by atoms with Crippen LogP contribution in [0.2, 0.25) is 0 Å². The smallest absolute Gasteiger partial charge is 0.307 e. The number of carbonyl (C=O) groups is 1. The summed E-state index contributed by atoms with van der Waals surface area (Å²) in [7, 11) is 1.66. The Morgan fingerprint density at radius 3 is 2.65 bits per heavy atom. The fourth-order valence-electron chi connectivity index (χ4n) is 1.54. The van der Waals surface area contributed by atoms with Crippen LogP contribution in [0.4, 0.5) is 0 Å². The molecule has 4 heteroatoms. The zero-order valence-electron chi connectivity index (χ0n) is 10.3. The van der Waals surface area contributed by atoms with Gasteiger partial charge in [-0.2, -0.15) is 0 Å². The number of hydrogen-bond acceptors (Lipinski definition) is 3. The Hall–Kier alpha value is -1.39. The number of carboxylic acid groups (broad SMARTS) is 1. The second-order valence-electron chi connectivity index (χ2n) is 4.07. The van der Waals surface area contributed by atoms with Gasteiger partial charge >= 0.3 is 5.97 Å². The molecule has 0 fully saturated rings. The van der Waals surface area contributed by atoms with Crippen LogP contribution in [0.3, 0.4) is 0 Å². The molecule has 0 spiro atoms. The molecule has 0 saturated heterocycles. The highest BCUT2D eigenvalue weighted by Crippen LogP contribution is 2.09. The van der Waals surface area contributed by atoms with E-state index in [1.54, 1.807) is 14.0 Å². The number of methoxy groups -OCH3 is 1. The van der Waals surface area contributed by atoms with Crippen molar-refractivity contribution < 1.29 is 14.6 Å². The second kappa shape index (κ2) is 7.04. The molecule has 0 aromatic heterocycles. The van der Waals surface area contributed by atoms with E-state index >= 15 is 0 Å². The fraction of sp³-hybridized carbons (Fsp3) is 0.462. The van der Waals surface area contributed by atoms with Gasteiger partial charge in [0.25, 0.3) is 0 Å². The highest BCUT2D eigenvalue weighted by Gasteiger charge is 2.10. The van der Waals surface area contributed by atoms with E-state index in [2.05, 4.69) is 5.32 Å². The number of rotatable bonds is 7. The zero-order chi connectivity index (χ0) is 12.7. The van der Waals surface area contributed by atoms with E-state index in [0.717, 1.165) is 11.1 Å². The molecule has 0 saturated carbocycles. The predicted molar refractivity (Wildman–Crippen MR) is 65.7 cm³/mol. The highest BCUT2D eigenvalue weighted by atomic mass is 16.5. The first-order valence-corrected chi connectivity index (χ1v) is 5.64. The summed E-state index contributed by atoms with van der Waals surface area (Å²) in [5.74, 6) is -1.15. The molecule has 94 valence electrons. The summed E-state index contributed by atoms with van der Waals surface area (Å²) in [6, 6.07) is 7.97. The van der Waals surface area contributed by atoms with Crippen molar-refractivity contribution in [2.45, 2.75) is 20.1 Å². The SMILES string of the molecule is COCc1ccccc1CNCC(C)C(=O)O. The van der Waals surface area contributed by atoms with Crippen LogP contribution >= 0.6 is 0 Å². The molecule has 4 nitrogen and oxygen atoms in total. The van der Waals surface area contributed by atoms with E-state index in [9.17, 15) is 4.79 Å². The normalized spacial score (nSPS) is 12.4. The first-order chi connectivity index (χ1) is 8.15. The molecular formula is C13H19NO3. The van der Waals surface area contributed by atoms with E-state index in [-0.39, 0.29) is 5.92 Å². The average molecular weight is 237 g/mol. The van der Waals surface area contributed by atoms with Crippen LogP contribution in [-0.4, -0.2) is 24.7 Å². The van der Waals surface area contributed by atoms with Gasteiger partial charge in [0.15, 0.2) is 0 Å². The van der Waals surface area contributed by atoms with Crippen LogP contribution < -0.4 is 5.32 Å². The minimum Gasteiger partial charge on any atom is -0.481 e. The van der Waals surface area contributed by atoms with Gasteiger partial charge < -0.3 is 15.2 Å². The second-order valence-corrected chi connectivity index (χ2v) is 4.07. The monoisotopic (exact) mass is 237 g/mol. The van der Waals surface area contributed by atoms with Crippen molar-refractivity contribution in [3.8, 4) is 0 Å². The lowest BCUT2D eigenvalue weighted by Gasteiger charge is -2.11. The number of aliphatic carboxylic acids is 1. The summed E-state index contributed by atoms with van der Waals surface area (Å²) in [5, 5.41) is 11.9. The first kappa shape index (κ1) is 13.7. The number of benzene rings is 1. The van der Waals surface area contributed by atoms with Crippen LogP contribution in [0.1, 0.15) is 18.1 Å². The Balaban J connectivity index is 2.48. The van der Waals surface area contributed by atoms with Crippen molar-refractivity contribution in [3.63, 3.8) is 0 Å². The molecule has 0 heterocycles. The van der Waals surface area contributed by atoms with E-state index in [1.165, 1.54) is 0 Å². The van der Waals surface area contributed by atoms with Crippen molar-refractivity contribution in [2.24, 2.45) is 5.92 Å². The standard InChI is InChI=1S/C13H19NO3/c1-10(13(15)16)7-14-8-11-5-3-4-6-12(11)9-17-2/h3-6,10,14H,7-9H2,1-2H3,(H,15,16). The lowest BCUT2D eigenvalue weighted by Crippen LogP contribution is -2.26. The first-order valence-electron chi connectivity index (χ1n) is 5.64. The average Bonchev–Trinajstić information content (AvgIpc) is 2.31. The van der Waals surface area contributed by atoms with Gasteiger partial charge in [-0.3, -0.25) is 4.79 Å². The van der Waals surface area contributed by atoms with Gasteiger partial charge in [-0.15, -0.1) is 0 Å². The maximum absolute atomic E-state index is 10.7.